The number of H-pyrrole nitrogens is 1. The third-order valence-electron chi connectivity index (χ3n) is 3.14. The van der Waals surface area contributed by atoms with Crippen molar-refractivity contribution in [3.63, 3.8) is 0 Å². The Morgan fingerprint density at radius 3 is 2.95 bits per heavy atom. The van der Waals surface area contributed by atoms with Crippen LogP contribution in [-0.2, 0) is 19.9 Å². The zero-order chi connectivity index (χ0) is 14.5. The second kappa shape index (κ2) is 6.23. The van der Waals surface area contributed by atoms with Gasteiger partial charge in [-0.3, -0.25) is 9.48 Å². The Hall–Kier alpha value is -2.31. The van der Waals surface area contributed by atoms with Crippen LogP contribution in [0.4, 0.5) is 5.69 Å². The molecule has 2 heterocycles. The van der Waals surface area contributed by atoms with E-state index >= 15 is 0 Å². The van der Waals surface area contributed by atoms with Crippen LogP contribution in [0.3, 0.4) is 0 Å². The standard InChI is InChI=1S/C13H20N6O/c1-3-9-11(14)12(19(2)18-9)13(20)17-6-4-5-10-15-7-8-16-10/h7-8H,3-6,14H2,1-2H3,(H,15,16)(H,17,20). The first-order valence-electron chi connectivity index (χ1n) is 6.71. The second-order valence-corrected chi connectivity index (χ2v) is 4.58. The number of aromatic amines is 1. The Kier molecular flexibility index (Phi) is 4.39. The number of nitrogens with two attached hydrogens (primary N) is 1. The van der Waals surface area contributed by atoms with Gasteiger partial charge in [-0.05, 0) is 12.8 Å². The summed E-state index contributed by atoms with van der Waals surface area (Å²) in [6.07, 6.45) is 5.84. The van der Waals surface area contributed by atoms with Crippen molar-refractivity contribution in [3.8, 4) is 0 Å². The molecule has 7 nitrogen and oxygen atoms in total. The molecule has 0 saturated carbocycles. The largest absolute Gasteiger partial charge is 0.395 e. The lowest BCUT2D eigenvalue weighted by molar-refractivity contribution is 0.0944. The minimum absolute atomic E-state index is 0.184. The first-order valence-corrected chi connectivity index (χ1v) is 6.71. The number of hydrogen-bond donors (Lipinski definition) is 3. The van der Waals surface area contributed by atoms with Crippen LogP contribution in [0.15, 0.2) is 12.4 Å². The molecule has 0 aliphatic heterocycles. The first kappa shape index (κ1) is 14.1. The van der Waals surface area contributed by atoms with E-state index in [-0.39, 0.29) is 5.91 Å². The number of carbonyl (C=O) groups is 1. The highest BCUT2D eigenvalue weighted by Gasteiger charge is 2.18. The first-order chi connectivity index (χ1) is 9.63. The number of nitrogens with zero attached hydrogens (tertiary/aromatic N) is 3. The molecule has 2 aromatic rings. The summed E-state index contributed by atoms with van der Waals surface area (Å²) in [7, 11) is 1.73. The van der Waals surface area contributed by atoms with Gasteiger partial charge in [-0.15, -0.1) is 0 Å². The summed E-state index contributed by atoms with van der Waals surface area (Å²) in [5.41, 5.74) is 7.60. The van der Waals surface area contributed by atoms with Crippen LogP contribution < -0.4 is 11.1 Å². The van der Waals surface area contributed by atoms with Crippen molar-refractivity contribution >= 4 is 11.6 Å². The van der Waals surface area contributed by atoms with E-state index in [0.717, 1.165) is 24.4 Å². The molecule has 108 valence electrons. The van der Waals surface area contributed by atoms with Crippen molar-refractivity contribution in [2.75, 3.05) is 12.3 Å². The highest BCUT2D eigenvalue weighted by Crippen LogP contribution is 2.16. The van der Waals surface area contributed by atoms with Gasteiger partial charge in [-0.25, -0.2) is 4.98 Å². The van der Waals surface area contributed by atoms with Gasteiger partial charge in [0.05, 0.1) is 11.4 Å². The van der Waals surface area contributed by atoms with Gasteiger partial charge in [0.2, 0.25) is 0 Å². The summed E-state index contributed by atoms with van der Waals surface area (Å²) < 4.78 is 1.54. The molecule has 0 unspecified atom stereocenters. The zero-order valence-electron chi connectivity index (χ0n) is 11.8. The molecular formula is C13H20N6O. The maximum absolute atomic E-state index is 12.1. The van der Waals surface area contributed by atoms with E-state index in [9.17, 15) is 4.79 Å². The quantitative estimate of drug-likeness (QED) is 0.674. The molecule has 7 heteroatoms. The van der Waals surface area contributed by atoms with E-state index in [1.54, 1.807) is 19.4 Å². The van der Waals surface area contributed by atoms with E-state index in [4.69, 9.17) is 5.73 Å². The third kappa shape index (κ3) is 2.98. The number of aryl methyl sites for hydroxylation is 3. The number of anilines is 1. The van der Waals surface area contributed by atoms with Crippen LogP contribution in [-0.4, -0.2) is 32.2 Å². The molecule has 2 aromatic heterocycles. The fraction of sp³-hybridized carbons (Fsp3) is 0.462. The number of nitrogens with one attached hydrogen (secondary N) is 2. The Balaban J connectivity index is 1.87. The highest BCUT2D eigenvalue weighted by atomic mass is 16.2. The van der Waals surface area contributed by atoms with Crippen LogP contribution in [0.25, 0.3) is 0 Å². The number of imidazole rings is 1. The fourth-order valence-corrected chi connectivity index (χ4v) is 2.10. The SMILES string of the molecule is CCc1nn(C)c(C(=O)NCCCc2ncc[nH]2)c1N. The predicted molar refractivity (Wildman–Crippen MR) is 76.2 cm³/mol. The number of hydrogen-bond acceptors (Lipinski definition) is 4. The maximum atomic E-state index is 12.1. The second-order valence-electron chi connectivity index (χ2n) is 4.58. The lowest BCUT2D eigenvalue weighted by Gasteiger charge is -2.05. The summed E-state index contributed by atoms with van der Waals surface area (Å²) in [5.74, 6) is 0.740. The fourth-order valence-electron chi connectivity index (χ4n) is 2.10. The molecule has 0 aliphatic rings. The molecule has 0 saturated heterocycles. The van der Waals surface area contributed by atoms with E-state index < -0.39 is 0 Å². The molecule has 1 amide bonds. The number of carbonyl (C=O) groups excluding carboxylic acids is 1. The van der Waals surface area contributed by atoms with Gasteiger partial charge < -0.3 is 16.0 Å². The summed E-state index contributed by atoms with van der Waals surface area (Å²) in [6, 6.07) is 0. The monoisotopic (exact) mass is 276 g/mol. The Labute approximate surface area is 117 Å². The van der Waals surface area contributed by atoms with Crippen molar-refractivity contribution in [2.24, 2.45) is 7.05 Å². The molecule has 0 bridgehead atoms. The topological polar surface area (TPSA) is 102 Å². The molecule has 0 atom stereocenters. The summed E-state index contributed by atoms with van der Waals surface area (Å²) in [5, 5.41) is 7.09. The molecule has 2 rings (SSSR count). The van der Waals surface area contributed by atoms with Crippen molar-refractivity contribution in [3.05, 3.63) is 29.6 Å². The van der Waals surface area contributed by atoms with Gasteiger partial charge in [-0.2, -0.15) is 5.10 Å². The average Bonchev–Trinajstić information content (AvgIpc) is 3.02. The van der Waals surface area contributed by atoms with Gasteiger partial charge in [0, 0.05) is 32.4 Å². The molecule has 4 N–H and O–H groups in total. The summed E-state index contributed by atoms with van der Waals surface area (Å²) in [4.78, 5) is 19.3. The molecular weight excluding hydrogens is 256 g/mol. The lowest BCUT2D eigenvalue weighted by Crippen LogP contribution is -2.27. The minimum Gasteiger partial charge on any atom is -0.395 e. The average molecular weight is 276 g/mol. The number of amides is 1. The molecule has 20 heavy (non-hydrogen) atoms. The van der Waals surface area contributed by atoms with Gasteiger partial charge in [0.25, 0.3) is 5.91 Å². The third-order valence-corrected chi connectivity index (χ3v) is 3.14. The minimum atomic E-state index is -0.184. The molecule has 0 radical (unpaired) electrons. The molecule has 0 aliphatic carbocycles. The van der Waals surface area contributed by atoms with E-state index in [1.807, 2.05) is 6.92 Å². The van der Waals surface area contributed by atoms with E-state index in [2.05, 4.69) is 20.4 Å². The maximum Gasteiger partial charge on any atom is 0.271 e. The smallest absolute Gasteiger partial charge is 0.271 e. The predicted octanol–water partition coefficient (Wildman–Crippen LogP) is 0.650. The van der Waals surface area contributed by atoms with Crippen LogP contribution in [0.1, 0.15) is 35.4 Å². The zero-order valence-corrected chi connectivity index (χ0v) is 11.8. The van der Waals surface area contributed by atoms with Gasteiger partial charge >= 0.3 is 0 Å². The van der Waals surface area contributed by atoms with Crippen LogP contribution in [0, 0.1) is 0 Å². The van der Waals surface area contributed by atoms with Gasteiger partial charge in [0.15, 0.2) is 0 Å². The van der Waals surface area contributed by atoms with Gasteiger partial charge in [-0.1, -0.05) is 6.92 Å². The van der Waals surface area contributed by atoms with Crippen molar-refractivity contribution in [1.29, 1.82) is 0 Å². The van der Waals surface area contributed by atoms with Crippen LogP contribution >= 0.6 is 0 Å². The highest BCUT2D eigenvalue weighted by molar-refractivity contribution is 5.97. The number of aromatic nitrogens is 4. The number of nitrogen functional groups attached to an aromatic ring is 1. The normalized spacial score (nSPS) is 10.7. The number of rotatable bonds is 6. The Morgan fingerprint density at radius 2 is 2.35 bits per heavy atom. The van der Waals surface area contributed by atoms with Crippen LogP contribution in [0.2, 0.25) is 0 Å². The van der Waals surface area contributed by atoms with Crippen LogP contribution in [0.5, 0.6) is 0 Å². The Morgan fingerprint density at radius 1 is 1.55 bits per heavy atom. The summed E-state index contributed by atoms with van der Waals surface area (Å²) in [6.45, 7) is 2.54. The Bertz CT molecular complexity index is 572. The van der Waals surface area contributed by atoms with Crippen molar-refractivity contribution < 1.29 is 4.79 Å². The summed E-state index contributed by atoms with van der Waals surface area (Å²) >= 11 is 0. The van der Waals surface area contributed by atoms with E-state index in [1.165, 1.54) is 4.68 Å². The van der Waals surface area contributed by atoms with Crippen molar-refractivity contribution in [2.45, 2.75) is 26.2 Å². The molecule has 0 aromatic carbocycles. The lowest BCUT2D eigenvalue weighted by atomic mass is 10.2. The molecule has 0 fully saturated rings. The van der Waals surface area contributed by atoms with E-state index in [0.29, 0.717) is 24.3 Å². The van der Waals surface area contributed by atoms with Crippen molar-refractivity contribution in [1.82, 2.24) is 25.1 Å². The molecule has 0 spiro atoms. The van der Waals surface area contributed by atoms with Gasteiger partial charge in [0.1, 0.15) is 11.5 Å².